The quantitative estimate of drug-likeness (QED) is 0.199. The van der Waals surface area contributed by atoms with Crippen LogP contribution in [0.25, 0.3) is 0 Å². The van der Waals surface area contributed by atoms with Crippen LogP contribution in [0.4, 0.5) is 0 Å². The molecule has 2 aliphatic rings. The summed E-state index contributed by atoms with van der Waals surface area (Å²) < 4.78 is 10.3. The molecular formula is C29H45NO8. The van der Waals surface area contributed by atoms with Crippen molar-refractivity contribution in [1.29, 1.82) is 0 Å². The highest BCUT2D eigenvalue weighted by Gasteiger charge is 2.51. The monoisotopic (exact) mass is 535 g/mol. The first kappa shape index (κ1) is 31.6. The van der Waals surface area contributed by atoms with Gasteiger partial charge in [0.1, 0.15) is 18.2 Å². The summed E-state index contributed by atoms with van der Waals surface area (Å²) in [6.45, 7) is 15.2. The van der Waals surface area contributed by atoms with E-state index in [1.807, 2.05) is 55.4 Å². The number of hydrogen-bond acceptors (Lipinski definition) is 8. The molecule has 2 fully saturated rings. The second kappa shape index (κ2) is 13.5. The molecule has 9 nitrogen and oxygen atoms in total. The zero-order chi connectivity index (χ0) is 28.9. The molecule has 4 atom stereocenters. The zero-order valence-corrected chi connectivity index (χ0v) is 24.2. The van der Waals surface area contributed by atoms with E-state index in [0.29, 0.717) is 0 Å². The number of amides is 2. The SMILES string of the molecule is CC(C)C1C(=O)C(CCOC(=O)CCC(=O)OCCN2C(=O)C(C(C)C)C(C(C)C)C2=O)C(=O)C1C(C)C. The summed E-state index contributed by atoms with van der Waals surface area (Å²) in [5, 5.41) is 0. The predicted molar refractivity (Wildman–Crippen MR) is 139 cm³/mol. The van der Waals surface area contributed by atoms with Gasteiger partial charge in [-0.3, -0.25) is 33.7 Å². The summed E-state index contributed by atoms with van der Waals surface area (Å²) in [4.78, 5) is 76.6. The van der Waals surface area contributed by atoms with Crippen molar-refractivity contribution >= 4 is 35.3 Å². The van der Waals surface area contributed by atoms with Gasteiger partial charge in [0.15, 0.2) is 0 Å². The second-order valence-electron chi connectivity index (χ2n) is 12.0. The number of carbonyl (C=O) groups excluding carboxylic acids is 6. The van der Waals surface area contributed by atoms with E-state index in [2.05, 4.69) is 0 Å². The Kier molecular flexibility index (Phi) is 11.2. The molecular weight excluding hydrogens is 490 g/mol. The topological polar surface area (TPSA) is 124 Å². The fourth-order valence-corrected chi connectivity index (χ4v) is 6.02. The standard InChI is InChI=1S/C29H45NO8/c1-15(2)22-23(16(3)4)27(34)19(26(22)33)11-13-37-20(31)9-10-21(32)38-14-12-30-28(35)24(17(5)6)25(18(7)8)29(30)36/h15-19,22-25H,9-14H2,1-8H3. The Morgan fingerprint density at radius 2 is 1.00 bits per heavy atom. The first-order chi connectivity index (χ1) is 17.7. The molecule has 0 radical (unpaired) electrons. The summed E-state index contributed by atoms with van der Waals surface area (Å²) >= 11 is 0. The van der Waals surface area contributed by atoms with Crippen LogP contribution in [0.1, 0.15) is 74.7 Å². The Morgan fingerprint density at radius 1 is 0.632 bits per heavy atom. The van der Waals surface area contributed by atoms with Crippen LogP contribution >= 0.6 is 0 Å². The van der Waals surface area contributed by atoms with Crippen molar-refractivity contribution in [2.75, 3.05) is 19.8 Å². The molecule has 0 spiro atoms. The van der Waals surface area contributed by atoms with E-state index in [4.69, 9.17) is 9.47 Å². The van der Waals surface area contributed by atoms with Gasteiger partial charge >= 0.3 is 11.9 Å². The van der Waals surface area contributed by atoms with Gasteiger partial charge in [-0.25, -0.2) is 0 Å². The van der Waals surface area contributed by atoms with Gasteiger partial charge in [0, 0.05) is 11.8 Å². The Balaban J connectivity index is 1.74. The molecule has 214 valence electrons. The van der Waals surface area contributed by atoms with Gasteiger partial charge in [-0.1, -0.05) is 55.4 Å². The van der Waals surface area contributed by atoms with Crippen LogP contribution in [0.15, 0.2) is 0 Å². The summed E-state index contributed by atoms with van der Waals surface area (Å²) in [7, 11) is 0. The third kappa shape index (κ3) is 7.08. The molecule has 2 amide bonds. The van der Waals surface area contributed by atoms with Crippen LogP contribution in [0.2, 0.25) is 0 Å². The lowest BCUT2D eigenvalue weighted by Crippen LogP contribution is -2.35. The number of likely N-dealkylation sites (tertiary alicyclic amines) is 1. The van der Waals surface area contributed by atoms with Gasteiger partial charge in [0.25, 0.3) is 0 Å². The van der Waals surface area contributed by atoms with Crippen LogP contribution in [0, 0.1) is 53.3 Å². The zero-order valence-electron chi connectivity index (χ0n) is 24.2. The number of ether oxygens (including phenoxy) is 2. The van der Waals surface area contributed by atoms with Crippen molar-refractivity contribution in [3.05, 3.63) is 0 Å². The van der Waals surface area contributed by atoms with Crippen molar-refractivity contribution in [3.63, 3.8) is 0 Å². The smallest absolute Gasteiger partial charge is 0.306 e. The van der Waals surface area contributed by atoms with E-state index in [1.165, 1.54) is 4.90 Å². The third-order valence-electron chi connectivity index (χ3n) is 7.87. The minimum absolute atomic E-state index is 0.0154. The number of hydrogen-bond donors (Lipinski definition) is 0. The number of nitrogens with zero attached hydrogens (tertiary/aromatic N) is 1. The van der Waals surface area contributed by atoms with Crippen molar-refractivity contribution in [1.82, 2.24) is 4.90 Å². The van der Waals surface area contributed by atoms with E-state index >= 15 is 0 Å². The lowest BCUT2D eigenvalue weighted by molar-refractivity contribution is -0.152. The molecule has 1 aliphatic heterocycles. The minimum atomic E-state index is -0.755. The van der Waals surface area contributed by atoms with Crippen LogP contribution in [-0.4, -0.2) is 60.0 Å². The van der Waals surface area contributed by atoms with Gasteiger partial charge in [-0.05, 0) is 30.1 Å². The minimum Gasteiger partial charge on any atom is -0.466 e. The lowest BCUT2D eigenvalue weighted by Gasteiger charge is -2.23. The Morgan fingerprint density at radius 3 is 1.37 bits per heavy atom. The molecule has 0 aromatic carbocycles. The molecule has 2 rings (SSSR count). The molecule has 4 unspecified atom stereocenters. The molecule has 1 saturated carbocycles. The Labute approximate surface area is 226 Å². The molecule has 38 heavy (non-hydrogen) atoms. The molecule has 1 heterocycles. The number of Topliss-reactive ketones (excluding diaryl/α,β-unsaturated/α-hetero) is 2. The summed E-state index contributed by atoms with van der Waals surface area (Å²) in [5.41, 5.74) is 0. The van der Waals surface area contributed by atoms with Crippen LogP contribution in [0.5, 0.6) is 0 Å². The molecule has 0 aromatic rings. The van der Waals surface area contributed by atoms with Crippen molar-refractivity contribution in [3.8, 4) is 0 Å². The maximum absolute atomic E-state index is 12.8. The van der Waals surface area contributed by atoms with E-state index in [9.17, 15) is 28.8 Å². The summed E-state index contributed by atoms with van der Waals surface area (Å²) in [6.07, 6.45) is -0.274. The highest BCUT2D eigenvalue weighted by atomic mass is 16.5. The normalized spacial score (nSPS) is 26.0. The predicted octanol–water partition coefficient (Wildman–Crippen LogP) is 3.47. The van der Waals surface area contributed by atoms with Crippen molar-refractivity contribution in [2.45, 2.75) is 74.7 Å². The highest BCUT2D eigenvalue weighted by Crippen LogP contribution is 2.40. The summed E-state index contributed by atoms with van der Waals surface area (Å²) in [6, 6.07) is 0. The maximum atomic E-state index is 12.8. The molecule has 1 saturated heterocycles. The van der Waals surface area contributed by atoms with Gasteiger partial charge < -0.3 is 9.47 Å². The van der Waals surface area contributed by atoms with Crippen molar-refractivity contribution in [2.24, 2.45) is 53.3 Å². The number of ketones is 2. The van der Waals surface area contributed by atoms with Crippen LogP contribution in [0.3, 0.4) is 0 Å². The number of imide groups is 1. The van der Waals surface area contributed by atoms with E-state index in [0.717, 1.165) is 0 Å². The number of carbonyl (C=O) groups is 6. The van der Waals surface area contributed by atoms with Crippen LogP contribution in [-0.2, 0) is 38.2 Å². The lowest BCUT2D eigenvalue weighted by atomic mass is 9.79. The first-order valence-electron chi connectivity index (χ1n) is 13.9. The molecule has 0 bridgehead atoms. The largest absolute Gasteiger partial charge is 0.466 e. The summed E-state index contributed by atoms with van der Waals surface area (Å²) in [5.74, 6) is -3.83. The van der Waals surface area contributed by atoms with Gasteiger partial charge in [-0.2, -0.15) is 0 Å². The number of esters is 2. The van der Waals surface area contributed by atoms with E-state index in [1.54, 1.807) is 0 Å². The van der Waals surface area contributed by atoms with Gasteiger partial charge in [0.05, 0.1) is 43.7 Å². The highest BCUT2D eigenvalue weighted by molar-refractivity contribution is 6.11. The van der Waals surface area contributed by atoms with Crippen molar-refractivity contribution < 1.29 is 38.2 Å². The molecule has 0 N–H and O–H groups in total. The van der Waals surface area contributed by atoms with E-state index < -0.39 is 17.9 Å². The average molecular weight is 536 g/mol. The fourth-order valence-electron chi connectivity index (χ4n) is 6.02. The van der Waals surface area contributed by atoms with E-state index in [-0.39, 0.29) is 110 Å². The maximum Gasteiger partial charge on any atom is 0.306 e. The molecule has 9 heteroatoms. The number of rotatable bonds is 13. The van der Waals surface area contributed by atoms with Crippen LogP contribution < -0.4 is 0 Å². The second-order valence-corrected chi connectivity index (χ2v) is 12.0. The average Bonchev–Trinajstić information content (AvgIpc) is 3.22. The van der Waals surface area contributed by atoms with Gasteiger partial charge in [0.2, 0.25) is 11.8 Å². The molecule has 1 aliphatic carbocycles. The van der Waals surface area contributed by atoms with Gasteiger partial charge in [-0.15, -0.1) is 0 Å². The Hall–Kier alpha value is -2.58. The fraction of sp³-hybridized carbons (Fsp3) is 0.793. The third-order valence-corrected chi connectivity index (χ3v) is 7.87. The molecule has 0 aromatic heterocycles. The first-order valence-corrected chi connectivity index (χ1v) is 13.9. The Bertz CT molecular complexity index is 796.